The minimum atomic E-state index is -2.54. The van der Waals surface area contributed by atoms with Crippen LogP contribution in [0.4, 0.5) is 14.5 Å². The zero-order valence-electron chi connectivity index (χ0n) is 11.2. The van der Waals surface area contributed by atoms with Gasteiger partial charge < -0.3 is 5.32 Å². The maximum atomic E-state index is 12.8. The summed E-state index contributed by atoms with van der Waals surface area (Å²) in [5.74, 6) is 0. The van der Waals surface area contributed by atoms with Gasteiger partial charge in [0.1, 0.15) is 5.69 Å². The quantitative estimate of drug-likeness (QED) is 0.856. The van der Waals surface area contributed by atoms with Crippen LogP contribution in [0.5, 0.6) is 0 Å². The van der Waals surface area contributed by atoms with E-state index in [-0.39, 0.29) is 5.69 Å². The predicted octanol–water partition coefficient (Wildman–Crippen LogP) is 4.56. The summed E-state index contributed by atoms with van der Waals surface area (Å²) in [7, 11) is 0. The van der Waals surface area contributed by atoms with Gasteiger partial charge >= 0.3 is 0 Å². The Hall–Kier alpha value is -1.71. The second-order valence-corrected chi connectivity index (χ2v) is 4.53. The topological polar surface area (TPSA) is 24.9 Å². The maximum absolute atomic E-state index is 12.8. The highest BCUT2D eigenvalue weighted by atomic mass is 19.3. The summed E-state index contributed by atoms with van der Waals surface area (Å²) in [6.45, 7) is 4.76. The average molecular weight is 264 g/mol. The summed E-state index contributed by atoms with van der Waals surface area (Å²) in [6.07, 6.45) is -0.500. The Morgan fingerprint density at radius 1 is 1.21 bits per heavy atom. The molecule has 0 unspecified atom stereocenters. The lowest BCUT2D eigenvalue weighted by molar-refractivity contribution is 0.146. The molecule has 19 heavy (non-hydrogen) atoms. The number of nitrogens with zero attached hydrogens (tertiary/aromatic N) is 1. The van der Waals surface area contributed by atoms with Gasteiger partial charge in [-0.25, -0.2) is 13.8 Å². The first kappa shape index (κ1) is 13.7. The molecule has 0 spiro atoms. The Balaban J connectivity index is 2.57. The molecule has 0 atom stereocenters. The number of rotatable bonds is 5. The highest BCUT2D eigenvalue weighted by Crippen LogP contribution is 2.28. The highest BCUT2D eigenvalue weighted by molar-refractivity contribution is 5.92. The largest absolute Gasteiger partial charge is 0.385 e. The molecular formula is C15H18F2N2. The van der Waals surface area contributed by atoms with Crippen molar-refractivity contribution in [3.8, 4) is 0 Å². The molecule has 0 saturated heterocycles. The van der Waals surface area contributed by atoms with Crippen molar-refractivity contribution in [2.75, 3.05) is 11.9 Å². The molecule has 0 fully saturated rings. The molecule has 2 nitrogen and oxygen atoms in total. The molecule has 2 rings (SSSR count). The van der Waals surface area contributed by atoms with Gasteiger partial charge in [-0.3, -0.25) is 0 Å². The first-order chi connectivity index (χ1) is 9.15. The monoisotopic (exact) mass is 264 g/mol. The second kappa shape index (κ2) is 5.95. The van der Waals surface area contributed by atoms with E-state index in [0.717, 1.165) is 23.9 Å². The zero-order chi connectivity index (χ0) is 13.8. The van der Waals surface area contributed by atoms with Crippen LogP contribution in [-0.2, 0) is 6.42 Å². The van der Waals surface area contributed by atoms with E-state index >= 15 is 0 Å². The summed E-state index contributed by atoms with van der Waals surface area (Å²) in [5.41, 5.74) is 2.39. The number of halogens is 2. The molecule has 0 saturated carbocycles. The van der Waals surface area contributed by atoms with Crippen LogP contribution in [0.2, 0.25) is 0 Å². The zero-order valence-corrected chi connectivity index (χ0v) is 11.2. The van der Waals surface area contributed by atoms with Gasteiger partial charge in [0.25, 0.3) is 6.43 Å². The first-order valence-corrected chi connectivity index (χ1v) is 6.61. The number of aryl methyl sites for hydroxylation is 1. The summed E-state index contributed by atoms with van der Waals surface area (Å²) < 4.78 is 25.7. The van der Waals surface area contributed by atoms with E-state index in [1.54, 1.807) is 0 Å². The highest BCUT2D eigenvalue weighted by Gasteiger charge is 2.13. The number of hydrogen-bond donors (Lipinski definition) is 1. The van der Waals surface area contributed by atoms with E-state index < -0.39 is 6.43 Å². The number of hydrogen-bond acceptors (Lipinski definition) is 2. The molecule has 0 aliphatic heterocycles. The van der Waals surface area contributed by atoms with Gasteiger partial charge in [-0.2, -0.15) is 0 Å². The Bertz CT molecular complexity index is 567. The van der Waals surface area contributed by atoms with Crippen molar-refractivity contribution in [3.05, 3.63) is 35.5 Å². The van der Waals surface area contributed by atoms with Crippen molar-refractivity contribution in [2.24, 2.45) is 0 Å². The SMILES string of the molecule is CCCc1ccc2nc(C(F)F)cc(NCC)c2c1. The van der Waals surface area contributed by atoms with Gasteiger partial charge in [-0.1, -0.05) is 19.4 Å². The molecule has 0 radical (unpaired) electrons. The molecule has 0 aliphatic rings. The van der Waals surface area contributed by atoms with Crippen LogP contribution in [-0.4, -0.2) is 11.5 Å². The Morgan fingerprint density at radius 2 is 2.00 bits per heavy atom. The van der Waals surface area contributed by atoms with Gasteiger partial charge in [-0.15, -0.1) is 0 Å². The molecule has 1 N–H and O–H groups in total. The van der Waals surface area contributed by atoms with Crippen LogP contribution in [0, 0.1) is 0 Å². The fourth-order valence-corrected chi connectivity index (χ4v) is 2.19. The summed E-state index contributed by atoms with van der Waals surface area (Å²) >= 11 is 0. The number of anilines is 1. The smallest absolute Gasteiger partial charge is 0.280 e. The molecule has 1 aromatic heterocycles. The van der Waals surface area contributed by atoms with Crippen molar-refractivity contribution in [2.45, 2.75) is 33.1 Å². The van der Waals surface area contributed by atoms with Crippen LogP contribution in [0.3, 0.4) is 0 Å². The van der Waals surface area contributed by atoms with Crippen LogP contribution in [0.25, 0.3) is 10.9 Å². The molecule has 0 aliphatic carbocycles. The van der Waals surface area contributed by atoms with Crippen LogP contribution < -0.4 is 5.32 Å². The van der Waals surface area contributed by atoms with Gasteiger partial charge in [-0.05, 0) is 37.1 Å². The third-order valence-electron chi connectivity index (χ3n) is 3.02. The molecule has 1 aromatic carbocycles. The van der Waals surface area contributed by atoms with E-state index in [1.165, 1.54) is 11.6 Å². The van der Waals surface area contributed by atoms with Crippen molar-refractivity contribution < 1.29 is 8.78 Å². The van der Waals surface area contributed by atoms with Crippen LogP contribution >= 0.6 is 0 Å². The van der Waals surface area contributed by atoms with Crippen molar-refractivity contribution >= 4 is 16.6 Å². The normalized spacial score (nSPS) is 11.2. The molecule has 0 bridgehead atoms. The lowest BCUT2D eigenvalue weighted by atomic mass is 10.1. The minimum absolute atomic E-state index is 0.174. The van der Waals surface area contributed by atoms with Crippen LogP contribution in [0.15, 0.2) is 24.3 Å². The number of alkyl halides is 2. The van der Waals surface area contributed by atoms with Crippen LogP contribution in [0.1, 0.15) is 38.0 Å². The average Bonchev–Trinajstić information content (AvgIpc) is 2.39. The first-order valence-electron chi connectivity index (χ1n) is 6.61. The fourth-order valence-electron chi connectivity index (χ4n) is 2.19. The maximum Gasteiger partial charge on any atom is 0.280 e. The van der Waals surface area contributed by atoms with E-state index in [4.69, 9.17) is 0 Å². The van der Waals surface area contributed by atoms with E-state index in [9.17, 15) is 8.78 Å². The standard InChI is InChI=1S/C15H18F2N2/c1-3-5-10-6-7-12-11(8-10)13(18-4-2)9-14(19-12)15(16)17/h6-9,15H,3-5H2,1-2H3,(H,18,19). The Morgan fingerprint density at radius 3 is 2.63 bits per heavy atom. The third-order valence-corrected chi connectivity index (χ3v) is 3.02. The third kappa shape index (κ3) is 3.00. The minimum Gasteiger partial charge on any atom is -0.385 e. The van der Waals surface area contributed by atoms with E-state index in [2.05, 4.69) is 17.2 Å². The summed E-state index contributed by atoms with van der Waals surface area (Å²) in [5, 5.41) is 4.06. The van der Waals surface area contributed by atoms with Crippen molar-refractivity contribution in [1.82, 2.24) is 4.98 Å². The predicted molar refractivity (Wildman–Crippen MR) is 74.9 cm³/mol. The Labute approximate surface area is 111 Å². The molecule has 1 heterocycles. The van der Waals surface area contributed by atoms with Gasteiger partial charge in [0, 0.05) is 17.6 Å². The number of nitrogens with one attached hydrogen (secondary N) is 1. The van der Waals surface area contributed by atoms with E-state index in [0.29, 0.717) is 12.1 Å². The second-order valence-electron chi connectivity index (χ2n) is 4.53. The van der Waals surface area contributed by atoms with Gasteiger partial charge in [0.2, 0.25) is 0 Å². The molecule has 102 valence electrons. The van der Waals surface area contributed by atoms with Crippen molar-refractivity contribution in [1.29, 1.82) is 0 Å². The summed E-state index contributed by atoms with van der Waals surface area (Å²) in [4.78, 5) is 4.03. The Kier molecular flexibility index (Phi) is 4.30. The van der Waals surface area contributed by atoms with Crippen molar-refractivity contribution in [3.63, 3.8) is 0 Å². The lowest BCUT2D eigenvalue weighted by Gasteiger charge is -2.11. The molecule has 4 heteroatoms. The number of aromatic nitrogens is 1. The summed E-state index contributed by atoms with van der Waals surface area (Å²) in [6, 6.07) is 7.28. The fraction of sp³-hybridized carbons (Fsp3) is 0.400. The van der Waals surface area contributed by atoms with Gasteiger partial charge in [0.05, 0.1) is 5.52 Å². The molecule has 0 amide bonds. The number of fused-ring (bicyclic) bond motifs is 1. The molecule has 2 aromatic rings. The number of benzene rings is 1. The molecular weight excluding hydrogens is 246 g/mol. The lowest BCUT2D eigenvalue weighted by Crippen LogP contribution is -2.01. The van der Waals surface area contributed by atoms with Gasteiger partial charge in [0.15, 0.2) is 0 Å². The number of pyridine rings is 1. The van der Waals surface area contributed by atoms with E-state index in [1.807, 2.05) is 25.1 Å².